The van der Waals surface area contributed by atoms with Crippen molar-refractivity contribution in [3.05, 3.63) is 40.9 Å². The zero-order chi connectivity index (χ0) is 18.0. The van der Waals surface area contributed by atoms with Gasteiger partial charge in [0.1, 0.15) is 11.5 Å². The van der Waals surface area contributed by atoms with Gasteiger partial charge in [-0.25, -0.2) is 9.78 Å². The number of ether oxygens (including phenoxy) is 2. The third-order valence-electron chi connectivity index (χ3n) is 3.57. The van der Waals surface area contributed by atoms with Crippen molar-refractivity contribution in [3.8, 4) is 11.5 Å². The zero-order valence-corrected chi connectivity index (χ0v) is 15.4. The predicted octanol–water partition coefficient (Wildman–Crippen LogP) is 4.92. The lowest BCUT2D eigenvalue weighted by Gasteiger charge is -2.11. The molecule has 6 nitrogen and oxygen atoms in total. The van der Waals surface area contributed by atoms with Gasteiger partial charge in [0.05, 0.1) is 35.1 Å². The van der Waals surface area contributed by atoms with Crippen molar-refractivity contribution in [1.29, 1.82) is 0 Å². The number of urea groups is 1. The standard InChI is InChI=1S/C17H16ClN3O3S/c1-9-4-6-11(18)15-14(9)20-17(25-15)21-16(22)19-12-7-5-10(23-2)8-13(12)24-3/h4-8H,1-3H3,(H2,19,20,21,22). The van der Waals surface area contributed by atoms with Crippen LogP contribution in [-0.4, -0.2) is 25.2 Å². The van der Waals surface area contributed by atoms with Gasteiger partial charge in [-0.2, -0.15) is 0 Å². The number of nitrogens with one attached hydrogen (secondary N) is 2. The number of amides is 2. The highest BCUT2D eigenvalue weighted by molar-refractivity contribution is 7.23. The van der Waals surface area contributed by atoms with Gasteiger partial charge in [-0.15, -0.1) is 0 Å². The smallest absolute Gasteiger partial charge is 0.325 e. The fourth-order valence-corrected chi connectivity index (χ4v) is 3.52. The number of methoxy groups -OCH3 is 2. The van der Waals surface area contributed by atoms with Gasteiger partial charge >= 0.3 is 6.03 Å². The van der Waals surface area contributed by atoms with E-state index in [-0.39, 0.29) is 0 Å². The SMILES string of the molecule is COc1ccc(NC(=O)Nc2nc3c(C)ccc(Cl)c3s2)c(OC)c1. The maximum absolute atomic E-state index is 12.3. The van der Waals surface area contributed by atoms with Crippen LogP contribution < -0.4 is 20.1 Å². The Kier molecular flexibility index (Phi) is 4.96. The summed E-state index contributed by atoms with van der Waals surface area (Å²) in [4.78, 5) is 16.7. The number of thiazole rings is 1. The largest absolute Gasteiger partial charge is 0.497 e. The fraction of sp³-hybridized carbons (Fsp3) is 0.176. The van der Waals surface area contributed by atoms with Crippen molar-refractivity contribution in [2.75, 3.05) is 24.9 Å². The molecule has 1 aromatic heterocycles. The Morgan fingerprint density at radius 1 is 1.16 bits per heavy atom. The van der Waals surface area contributed by atoms with Gasteiger partial charge in [-0.1, -0.05) is 29.0 Å². The first-order valence-electron chi connectivity index (χ1n) is 7.37. The third-order valence-corrected chi connectivity index (χ3v) is 5.01. The lowest BCUT2D eigenvalue weighted by molar-refractivity contribution is 0.262. The minimum atomic E-state index is -0.420. The molecule has 0 unspecified atom stereocenters. The van der Waals surface area contributed by atoms with Crippen LogP contribution in [0.3, 0.4) is 0 Å². The molecule has 2 amide bonds. The first kappa shape index (κ1) is 17.3. The molecule has 0 saturated heterocycles. The molecule has 3 rings (SSSR count). The molecule has 0 spiro atoms. The van der Waals surface area contributed by atoms with Gasteiger partial charge in [-0.3, -0.25) is 5.32 Å². The van der Waals surface area contributed by atoms with Crippen LogP contribution in [-0.2, 0) is 0 Å². The highest BCUT2D eigenvalue weighted by Crippen LogP contribution is 2.34. The topological polar surface area (TPSA) is 72.5 Å². The summed E-state index contributed by atoms with van der Waals surface area (Å²) < 4.78 is 11.3. The highest BCUT2D eigenvalue weighted by atomic mass is 35.5. The molecular formula is C17H16ClN3O3S. The Morgan fingerprint density at radius 3 is 2.64 bits per heavy atom. The first-order valence-corrected chi connectivity index (χ1v) is 8.57. The van der Waals surface area contributed by atoms with E-state index >= 15 is 0 Å². The molecule has 0 atom stereocenters. The summed E-state index contributed by atoms with van der Waals surface area (Å²) in [6, 6.07) is 8.43. The van der Waals surface area contributed by atoms with Crippen LogP contribution in [0.25, 0.3) is 10.2 Å². The molecule has 0 fully saturated rings. The maximum Gasteiger partial charge on any atom is 0.325 e. The van der Waals surface area contributed by atoms with Crippen molar-refractivity contribution in [2.45, 2.75) is 6.92 Å². The van der Waals surface area contributed by atoms with E-state index in [1.54, 1.807) is 25.3 Å². The summed E-state index contributed by atoms with van der Waals surface area (Å²) in [5.74, 6) is 1.14. The minimum absolute atomic E-state index is 0.420. The average Bonchev–Trinajstić information content (AvgIpc) is 3.03. The van der Waals surface area contributed by atoms with Crippen LogP contribution in [0, 0.1) is 6.92 Å². The monoisotopic (exact) mass is 377 g/mol. The Bertz CT molecular complexity index is 903. The molecule has 3 aromatic rings. The average molecular weight is 378 g/mol. The van der Waals surface area contributed by atoms with Crippen LogP contribution in [0.15, 0.2) is 30.3 Å². The maximum atomic E-state index is 12.3. The van der Waals surface area contributed by atoms with Crippen molar-refractivity contribution < 1.29 is 14.3 Å². The number of hydrogen-bond acceptors (Lipinski definition) is 5. The van der Waals surface area contributed by atoms with E-state index < -0.39 is 6.03 Å². The lowest BCUT2D eigenvalue weighted by Crippen LogP contribution is -2.19. The summed E-state index contributed by atoms with van der Waals surface area (Å²) in [6.45, 7) is 1.95. The molecule has 8 heteroatoms. The van der Waals surface area contributed by atoms with Crippen molar-refractivity contribution in [3.63, 3.8) is 0 Å². The summed E-state index contributed by atoms with van der Waals surface area (Å²) in [5, 5.41) is 6.55. The second-order valence-corrected chi connectivity index (χ2v) is 6.61. The van der Waals surface area contributed by atoms with Crippen molar-refractivity contribution in [2.24, 2.45) is 0 Å². The molecule has 0 aliphatic rings. The number of fused-ring (bicyclic) bond motifs is 1. The van der Waals surface area contributed by atoms with Gasteiger partial charge < -0.3 is 14.8 Å². The van der Waals surface area contributed by atoms with Crippen LogP contribution >= 0.6 is 22.9 Å². The molecule has 0 saturated carbocycles. The Labute approximate surface area is 153 Å². The molecule has 0 aliphatic carbocycles. The van der Waals surface area contributed by atoms with Gasteiger partial charge in [0, 0.05) is 6.07 Å². The number of hydrogen-bond donors (Lipinski definition) is 2. The van der Waals surface area contributed by atoms with E-state index in [2.05, 4.69) is 15.6 Å². The summed E-state index contributed by atoms with van der Waals surface area (Å²) in [6.07, 6.45) is 0. The first-order chi connectivity index (χ1) is 12.0. The van der Waals surface area contributed by atoms with E-state index in [9.17, 15) is 4.79 Å². The molecule has 2 aromatic carbocycles. The number of rotatable bonds is 4. The number of aryl methyl sites for hydroxylation is 1. The predicted molar refractivity (Wildman–Crippen MR) is 102 cm³/mol. The Morgan fingerprint density at radius 2 is 1.96 bits per heavy atom. The zero-order valence-electron chi connectivity index (χ0n) is 13.8. The van der Waals surface area contributed by atoms with E-state index in [0.717, 1.165) is 15.8 Å². The Balaban J connectivity index is 1.79. The highest BCUT2D eigenvalue weighted by Gasteiger charge is 2.13. The molecule has 2 N–H and O–H groups in total. The van der Waals surface area contributed by atoms with Crippen LogP contribution in [0.1, 0.15) is 5.56 Å². The molecule has 130 valence electrons. The number of benzene rings is 2. The minimum Gasteiger partial charge on any atom is -0.497 e. The van der Waals surface area contributed by atoms with Crippen molar-refractivity contribution >= 4 is 50.0 Å². The normalized spacial score (nSPS) is 10.6. The van der Waals surface area contributed by atoms with Crippen LogP contribution in [0.4, 0.5) is 15.6 Å². The number of nitrogens with zero attached hydrogens (tertiary/aromatic N) is 1. The summed E-state index contributed by atoms with van der Waals surface area (Å²) >= 11 is 7.52. The van der Waals surface area contributed by atoms with Crippen LogP contribution in [0.5, 0.6) is 11.5 Å². The second-order valence-electron chi connectivity index (χ2n) is 5.21. The molecule has 0 aliphatic heterocycles. The summed E-state index contributed by atoms with van der Waals surface area (Å²) in [7, 11) is 3.09. The van der Waals surface area contributed by atoms with Gasteiger partial charge in [0.25, 0.3) is 0 Å². The van der Waals surface area contributed by atoms with Crippen LogP contribution in [0.2, 0.25) is 5.02 Å². The van der Waals surface area contributed by atoms with E-state index in [1.807, 2.05) is 19.1 Å². The van der Waals surface area contributed by atoms with Gasteiger partial charge in [-0.05, 0) is 30.7 Å². The molecular weight excluding hydrogens is 362 g/mol. The number of carbonyl (C=O) groups is 1. The molecule has 0 radical (unpaired) electrons. The molecule has 1 heterocycles. The second kappa shape index (κ2) is 7.16. The van der Waals surface area contributed by atoms with Gasteiger partial charge in [0.15, 0.2) is 5.13 Å². The van der Waals surface area contributed by atoms with E-state index in [0.29, 0.717) is 27.3 Å². The lowest BCUT2D eigenvalue weighted by atomic mass is 10.2. The number of aromatic nitrogens is 1. The molecule has 25 heavy (non-hydrogen) atoms. The Hall–Kier alpha value is -2.51. The van der Waals surface area contributed by atoms with Crippen molar-refractivity contribution in [1.82, 2.24) is 4.98 Å². The van der Waals surface area contributed by atoms with Gasteiger partial charge in [0.2, 0.25) is 0 Å². The molecule has 0 bridgehead atoms. The number of carbonyl (C=O) groups excluding carboxylic acids is 1. The third kappa shape index (κ3) is 3.62. The van der Waals surface area contributed by atoms with E-state index in [4.69, 9.17) is 21.1 Å². The number of halogens is 1. The fourth-order valence-electron chi connectivity index (χ4n) is 2.31. The number of anilines is 2. The van der Waals surface area contributed by atoms with E-state index in [1.165, 1.54) is 18.4 Å². The summed E-state index contributed by atoms with van der Waals surface area (Å²) in [5.41, 5.74) is 2.31. The quantitative estimate of drug-likeness (QED) is 0.676.